The lowest BCUT2D eigenvalue weighted by Gasteiger charge is -2.19. The van der Waals surface area contributed by atoms with Gasteiger partial charge in [0.1, 0.15) is 6.29 Å². The van der Waals surface area contributed by atoms with Gasteiger partial charge in [0, 0.05) is 16.5 Å². The summed E-state index contributed by atoms with van der Waals surface area (Å²) < 4.78 is 11.3. The third-order valence-corrected chi connectivity index (χ3v) is 3.39. The number of hydrogen-bond acceptors (Lipinski definition) is 4. The van der Waals surface area contributed by atoms with Crippen LogP contribution in [-0.4, -0.2) is 26.8 Å². The summed E-state index contributed by atoms with van der Waals surface area (Å²) in [5.41, 5.74) is 1.23. The van der Waals surface area contributed by atoms with Crippen molar-refractivity contribution in [1.82, 2.24) is 0 Å². The summed E-state index contributed by atoms with van der Waals surface area (Å²) in [5.74, 6) is 0.855. The number of ether oxygens (including phenoxy) is 2. The average molecular weight is 315 g/mol. The van der Waals surface area contributed by atoms with E-state index in [1.165, 1.54) is 14.2 Å². The molecule has 1 aromatic rings. The highest BCUT2D eigenvalue weighted by Gasteiger charge is 2.22. The van der Waals surface area contributed by atoms with Crippen molar-refractivity contribution in [1.29, 1.82) is 0 Å². The molecule has 98 valence electrons. The predicted octanol–water partition coefficient (Wildman–Crippen LogP) is 2.97. The van der Waals surface area contributed by atoms with Gasteiger partial charge in [0.2, 0.25) is 0 Å². The lowest BCUT2D eigenvalue weighted by molar-refractivity contribution is -0.108. The van der Waals surface area contributed by atoms with Gasteiger partial charge in [-0.25, -0.2) is 0 Å². The Hall–Kier alpha value is -1.36. The van der Waals surface area contributed by atoms with Gasteiger partial charge in [-0.1, -0.05) is 22.9 Å². The third-order valence-electron chi connectivity index (χ3n) is 2.73. The van der Waals surface area contributed by atoms with Crippen molar-refractivity contribution in [2.75, 3.05) is 14.2 Å². The molecule has 5 heteroatoms. The molecule has 0 bridgehead atoms. The van der Waals surface area contributed by atoms with Crippen LogP contribution in [0.3, 0.4) is 0 Å². The number of methoxy groups -OCH3 is 2. The zero-order chi connectivity index (χ0) is 13.7. The van der Waals surface area contributed by atoms with E-state index in [4.69, 9.17) is 9.47 Å². The SMILES string of the molecule is COc1c(C=O)cc(Br)c(C(C)CC=O)c1OC. The Balaban J connectivity index is 3.49. The number of halogens is 1. The number of carbonyl (C=O) groups excluding carboxylic acids is 2. The molecule has 1 atom stereocenters. The molecule has 0 saturated carbocycles. The zero-order valence-corrected chi connectivity index (χ0v) is 12.1. The fraction of sp³-hybridized carbons (Fsp3) is 0.385. The molecule has 0 aliphatic heterocycles. The second kappa shape index (κ2) is 6.54. The first kappa shape index (κ1) is 14.7. The van der Waals surface area contributed by atoms with E-state index >= 15 is 0 Å². The Morgan fingerprint density at radius 1 is 1.28 bits per heavy atom. The number of aldehydes is 2. The van der Waals surface area contributed by atoms with E-state index < -0.39 is 0 Å². The highest BCUT2D eigenvalue weighted by Crippen LogP contribution is 2.43. The summed E-state index contributed by atoms with van der Waals surface area (Å²) in [7, 11) is 2.99. The zero-order valence-electron chi connectivity index (χ0n) is 10.5. The molecule has 0 N–H and O–H groups in total. The van der Waals surface area contributed by atoms with Crippen LogP contribution >= 0.6 is 15.9 Å². The van der Waals surface area contributed by atoms with Crippen LogP contribution in [0.5, 0.6) is 11.5 Å². The number of hydrogen-bond donors (Lipinski definition) is 0. The van der Waals surface area contributed by atoms with Gasteiger partial charge in [-0.15, -0.1) is 0 Å². The van der Waals surface area contributed by atoms with Gasteiger partial charge in [0.15, 0.2) is 17.8 Å². The molecule has 4 nitrogen and oxygen atoms in total. The molecule has 0 spiro atoms. The van der Waals surface area contributed by atoms with Crippen LogP contribution in [-0.2, 0) is 4.79 Å². The number of rotatable bonds is 6. The maximum atomic E-state index is 11.0. The van der Waals surface area contributed by atoms with Crippen molar-refractivity contribution in [2.45, 2.75) is 19.3 Å². The Labute approximate surface area is 114 Å². The van der Waals surface area contributed by atoms with Crippen LogP contribution in [0.4, 0.5) is 0 Å². The fourth-order valence-corrected chi connectivity index (χ4v) is 2.68. The highest BCUT2D eigenvalue weighted by atomic mass is 79.9. The summed E-state index contributed by atoms with van der Waals surface area (Å²) in [6.07, 6.45) is 1.94. The molecular weight excluding hydrogens is 300 g/mol. The predicted molar refractivity (Wildman–Crippen MR) is 71.7 cm³/mol. The van der Waals surface area contributed by atoms with Crippen LogP contribution in [0.15, 0.2) is 10.5 Å². The maximum absolute atomic E-state index is 11.0. The summed E-state index contributed by atoms with van der Waals surface area (Å²) in [6.45, 7) is 1.91. The van der Waals surface area contributed by atoms with E-state index in [2.05, 4.69) is 15.9 Å². The lowest BCUT2D eigenvalue weighted by Crippen LogP contribution is -2.04. The highest BCUT2D eigenvalue weighted by molar-refractivity contribution is 9.10. The minimum atomic E-state index is -0.0265. The van der Waals surface area contributed by atoms with Crippen molar-refractivity contribution in [3.8, 4) is 11.5 Å². The van der Waals surface area contributed by atoms with E-state index in [9.17, 15) is 9.59 Å². The quantitative estimate of drug-likeness (QED) is 0.757. The van der Waals surface area contributed by atoms with Gasteiger partial charge in [0.25, 0.3) is 0 Å². The Bertz CT molecular complexity index is 457. The summed E-state index contributed by atoms with van der Waals surface area (Å²) in [4.78, 5) is 21.6. The second-order valence-electron chi connectivity index (χ2n) is 3.85. The van der Waals surface area contributed by atoms with Crippen LogP contribution < -0.4 is 9.47 Å². The second-order valence-corrected chi connectivity index (χ2v) is 4.70. The van der Waals surface area contributed by atoms with E-state index in [1.807, 2.05) is 6.92 Å². The lowest BCUT2D eigenvalue weighted by atomic mass is 9.95. The van der Waals surface area contributed by atoms with Crippen molar-refractivity contribution < 1.29 is 19.1 Å². The van der Waals surface area contributed by atoms with E-state index in [-0.39, 0.29) is 5.92 Å². The van der Waals surface area contributed by atoms with Gasteiger partial charge in [0.05, 0.1) is 19.8 Å². The van der Waals surface area contributed by atoms with Crippen molar-refractivity contribution in [3.05, 3.63) is 21.7 Å². The van der Waals surface area contributed by atoms with Crippen LogP contribution in [0.2, 0.25) is 0 Å². The van der Waals surface area contributed by atoms with Gasteiger partial charge in [-0.2, -0.15) is 0 Å². The Morgan fingerprint density at radius 2 is 1.89 bits per heavy atom. The molecule has 0 amide bonds. The summed E-state index contributed by atoms with van der Waals surface area (Å²) in [5, 5.41) is 0. The minimum Gasteiger partial charge on any atom is -0.492 e. The molecule has 1 aromatic carbocycles. The molecule has 0 saturated heterocycles. The molecule has 0 radical (unpaired) electrons. The molecule has 0 aliphatic rings. The Morgan fingerprint density at radius 3 is 2.33 bits per heavy atom. The summed E-state index contributed by atoms with van der Waals surface area (Å²) in [6, 6.07) is 1.67. The molecule has 18 heavy (non-hydrogen) atoms. The smallest absolute Gasteiger partial charge is 0.171 e. The molecule has 0 fully saturated rings. The standard InChI is InChI=1S/C13H15BrO4/c1-8(4-5-15)11-10(14)6-9(7-16)12(17-2)13(11)18-3/h5-8H,4H2,1-3H3. The maximum Gasteiger partial charge on any atom is 0.171 e. The minimum absolute atomic E-state index is 0.0265. The van der Waals surface area contributed by atoms with Crippen molar-refractivity contribution >= 4 is 28.5 Å². The molecule has 1 rings (SSSR count). The largest absolute Gasteiger partial charge is 0.492 e. The normalized spacial score (nSPS) is 11.8. The van der Waals surface area contributed by atoms with Crippen molar-refractivity contribution in [2.24, 2.45) is 0 Å². The van der Waals surface area contributed by atoms with E-state index in [1.54, 1.807) is 6.07 Å². The van der Waals surface area contributed by atoms with Gasteiger partial charge >= 0.3 is 0 Å². The monoisotopic (exact) mass is 314 g/mol. The summed E-state index contributed by atoms with van der Waals surface area (Å²) >= 11 is 3.40. The fourth-order valence-electron chi connectivity index (χ4n) is 1.86. The van der Waals surface area contributed by atoms with Crippen LogP contribution in [0.25, 0.3) is 0 Å². The molecular formula is C13H15BrO4. The molecule has 1 unspecified atom stereocenters. The first-order valence-electron chi connectivity index (χ1n) is 5.43. The van der Waals surface area contributed by atoms with Gasteiger partial charge < -0.3 is 14.3 Å². The van der Waals surface area contributed by atoms with Crippen molar-refractivity contribution in [3.63, 3.8) is 0 Å². The van der Waals surface area contributed by atoms with Crippen LogP contribution in [0.1, 0.15) is 35.2 Å². The number of carbonyl (C=O) groups is 2. The van der Waals surface area contributed by atoms with E-state index in [0.717, 1.165) is 16.3 Å². The van der Waals surface area contributed by atoms with Gasteiger partial charge in [-0.05, 0) is 12.0 Å². The topological polar surface area (TPSA) is 52.6 Å². The molecule has 0 heterocycles. The molecule has 0 aromatic heterocycles. The number of benzene rings is 1. The van der Waals surface area contributed by atoms with Gasteiger partial charge in [-0.3, -0.25) is 4.79 Å². The first-order chi connectivity index (χ1) is 8.60. The van der Waals surface area contributed by atoms with Crippen LogP contribution in [0, 0.1) is 0 Å². The van der Waals surface area contributed by atoms with E-state index in [0.29, 0.717) is 29.8 Å². The molecule has 0 aliphatic carbocycles. The third kappa shape index (κ3) is 2.72. The average Bonchev–Trinajstić information content (AvgIpc) is 2.37. The Kier molecular flexibility index (Phi) is 5.34. The first-order valence-corrected chi connectivity index (χ1v) is 6.23.